The summed E-state index contributed by atoms with van der Waals surface area (Å²) in [5.41, 5.74) is 0.223. The zero-order valence-electron chi connectivity index (χ0n) is 14.2. The molecule has 5 heteroatoms. The van der Waals surface area contributed by atoms with Crippen LogP contribution in [0.2, 0.25) is 25.0 Å². The zero-order chi connectivity index (χ0) is 15.2. The van der Waals surface area contributed by atoms with E-state index < -0.39 is 8.32 Å². The molecule has 2 rings (SSSR count). The molecule has 0 unspecified atom stereocenters. The minimum atomic E-state index is -1.64. The Balaban J connectivity index is 1.94. The quantitative estimate of drug-likeness (QED) is 0.788. The van der Waals surface area contributed by atoms with Crippen molar-refractivity contribution in [3.05, 3.63) is 0 Å². The van der Waals surface area contributed by atoms with Crippen molar-refractivity contribution >= 4 is 15.4 Å². The molecule has 2 fully saturated rings. The van der Waals surface area contributed by atoms with Crippen molar-refractivity contribution in [2.24, 2.45) is 0 Å². The van der Waals surface area contributed by atoms with Crippen LogP contribution in [0.1, 0.15) is 52.9 Å². The normalized spacial score (nSPS) is 31.1. The molecule has 0 aromatic rings. The number of nitrogens with zero attached hydrogens (tertiary/aromatic N) is 1. The Bertz CT molecular complexity index is 346. The minimum absolute atomic E-state index is 0.223. The molecule has 116 valence electrons. The van der Waals surface area contributed by atoms with E-state index in [1.165, 1.54) is 25.7 Å². The fourth-order valence-corrected chi connectivity index (χ4v) is 4.90. The van der Waals surface area contributed by atoms with Gasteiger partial charge in [-0.05, 0) is 57.1 Å². The summed E-state index contributed by atoms with van der Waals surface area (Å²) in [6.07, 6.45) is 6.07. The van der Waals surface area contributed by atoms with Crippen molar-refractivity contribution < 1.29 is 9.45 Å². The third-order valence-corrected chi connectivity index (χ3v) is 10.6. The van der Waals surface area contributed by atoms with Crippen molar-refractivity contribution in [2.45, 2.75) is 89.4 Å². The smallest absolute Gasteiger partial charge is 0.377 e. The van der Waals surface area contributed by atoms with E-state index in [4.69, 9.17) is 4.43 Å². The van der Waals surface area contributed by atoms with Crippen LogP contribution >= 0.6 is 0 Å². The second kappa shape index (κ2) is 5.42. The summed E-state index contributed by atoms with van der Waals surface area (Å²) >= 11 is 0. The van der Waals surface area contributed by atoms with E-state index in [2.05, 4.69) is 38.7 Å². The first-order valence-electron chi connectivity index (χ1n) is 8.20. The lowest BCUT2D eigenvalue weighted by Gasteiger charge is -2.40. The second-order valence-corrected chi connectivity index (χ2v) is 13.2. The van der Waals surface area contributed by atoms with Gasteiger partial charge in [-0.3, -0.25) is 0 Å². The molecule has 2 aliphatic rings. The number of hydrogen-bond donors (Lipinski definition) is 1. The first-order valence-corrected chi connectivity index (χ1v) is 11.1. The van der Waals surface area contributed by atoms with E-state index in [1.54, 1.807) is 0 Å². The predicted molar refractivity (Wildman–Crippen MR) is 88.4 cm³/mol. The molecule has 0 aromatic heterocycles. The number of rotatable bonds is 5. The van der Waals surface area contributed by atoms with Gasteiger partial charge in [0.2, 0.25) is 0 Å². The van der Waals surface area contributed by atoms with Gasteiger partial charge < -0.3 is 14.3 Å². The molecule has 2 heterocycles. The minimum Gasteiger partial charge on any atom is -0.437 e. The molecule has 20 heavy (non-hydrogen) atoms. The van der Waals surface area contributed by atoms with E-state index in [0.717, 1.165) is 13.0 Å². The summed E-state index contributed by atoms with van der Waals surface area (Å²) in [4.78, 5) is 2.38. The van der Waals surface area contributed by atoms with Crippen LogP contribution in [-0.4, -0.2) is 43.4 Å². The van der Waals surface area contributed by atoms with E-state index in [1.807, 2.05) is 6.82 Å². The Morgan fingerprint density at radius 1 is 1.30 bits per heavy atom. The molecule has 2 aliphatic heterocycles. The highest BCUT2D eigenvalue weighted by Crippen LogP contribution is 2.49. The topological polar surface area (TPSA) is 32.7 Å². The Morgan fingerprint density at radius 3 is 2.30 bits per heavy atom. The molecule has 0 atom stereocenters. The Morgan fingerprint density at radius 2 is 1.85 bits per heavy atom. The van der Waals surface area contributed by atoms with E-state index >= 15 is 0 Å². The summed E-state index contributed by atoms with van der Waals surface area (Å²) in [6.45, 7) is 14.3. The van der Waals surface area contributed by atoms with Gasteiger partial charge in [0.1, 0.15) is 0 Å². The highest BCUT2D eigenvalue weighted by Gasteiger charge is 2.53. The summed E-state index contributed by atoms with van der Waals surface area (Å²) in [5, 5.41) is 10.4. The Kier molecular flexibility index (Phi) is 4.48. The molecule has 3 nitrogen and oxygen atoms in total. The standard InChI is InChI=1S/C15H32BNO2Si/c1-14(2,3)20(5,6)19-12-11-15-9-7-13(8-10-15)17(15)16(4)18/h13,18H,7-12H2,1-6H3. The average molecular weight is 297 g/mol. The molecule has 0 aromatic carbocycles. The van der Waals surface area contributed by atoms with Crippen LogP contribution in [-0.2, 0) is 4.43 Å². The van der Waals surface area contributed by atoms with Crippen LogP contribution < -0.4 is 0 Å². The molecule has 2 saturated heterocycles. The molecular formula is C15H32BNO2Si. The third kappa shape index (κ3) is 2.87. The van der Waals surface area contributed by atoms with Crippen molar-refractivity contribution in [2.75, 3.05) is 6.61 Å². The van der Waals surface area contributed by atoms with E-state index in [0.29, 0.717) is 6.04 Å². The van der Waals surface area contributed by atoms with Crippen LogP contribution in [0.25, 0.3) is 0 Å². The molecule has 0 saturated carbocycles. The lowest BCUT2D eigenvalue weighted by Crippen LogP contribution is -2.50. The SMILES string of the molecule is CB(O)N1C2CCC1(CCO[Si](C)(C)C(C)(C)C)CC2. The van der Waals surface area contributed by atoms with Gasteiger partial charge >= 0.3 is 7.05 Å². The van der Waals surface area contributed by atoms with E-state index in [9.17, 15) is 5.02 Å². The largest absolute Gasteiger partial charge is 0.437 e. The molecule has 1 N–H and O–H groups in total. The molecule has 0 spiro atoms. The highest BCUT2D eigenvalue weighted by atomic mass is 28.4. The summed E-state index contributed by atoms with van der Waals surface area (Å²) in [6, 6.07) is 0.614. The first kappa shape index (κ1) is 16.5. The molecule has 0 radical (unpaired) electrons. The van der Waals surface area contributed by atoms with Gasteiger partial charge in [-0.1, -0.05) is 20.8 Å². The van der Waals surface area contributed by atoms with Crippen LogP contribution in [0.4, 0.5) is 0 Å². The van der Waals surface area contributed by atoms with Crippen LogP contribution in [0.5, 0.6) is 0 Å². The summed E-state index contributed by atoms with van der Waals surface area (Å²) in [5.74, 6) is 0. The predicted octanol–water partition coefficient (Wildman–Crippen LogP) is 3.51. The van der Waals surface area contributed by atoms with Gasteiger partial charge in [-0.15, -0.1) is 0 Å². The maximum absolute atomic E-state index is 10.1. The van der Waals surface area contributed by atoms with Gasteiger partial charge in [0.15, 0.2) is 8.32 Å². The second-order valence-electron chi connectivity index (χ2n) is 8.35. The van der Waals surface area contributed by atoms with Gasteiger partial charge in [0, 0.05) is 18.2 Å². The van der Waals surface area contributed by atoms with Crippen molar-refractivity contribution in [1.82, 2.24) is 4.81 Å². The molecule has 0 amide bonds. The van der Waals surface area contributed by atoms with Gasteiger partial charge in [-0.2, -0.15) is 0 Å². The van der Waals surface area contributed by atoms with Crippen molar-refractivity contribution in [1.29, 1.82) is 0 Å². The van der Waals surface area contributed by atoms with Gasteiger partial charge in [0.05, 0.1) is 0 Å². The van der Waals surface area contributed by atoms with Gasteiger partial charge in [0.25, 0.3) is 0 Å². The summed E-state index contributed by atoms with van der Waals surface area (Å²) < 4.78 is 6.36. The van der Waals surface area contributed by atoms with Crippen molar-refractivity contribution in [3.63, 3.8) is 0 Å². The fraction of sp³-hybridized carbons (Fsp3) is 1.00. The lowest BCUT2D eigenvalue weighted by atomic mass is 9.78. The zero-order valence-corrected chi connectivity index (χ0v) is 15.2. The van der Waals surface area contributed by atoms with Crippen LogP contribution in [0, 0.1) is 0 Å². The lowest BCUT2D eigenvalue weighted by molar-refractivity contribution is 0.170. The monoisotopic (exact) mass is 297 g/mol. The van der Waals surface area contributed by atoms with Crippen LogP contribution in [0.15, 0.2) is 0 Å². The van der Waals surface area contributed by atoms with Gasteiger partial charge in [-0.25, -0.2) is 0 Å². The maximum Gasteiger partial charge on any atom is 0.377 e. The van der Waals surface area contributed by atoms with E-state index in [-0.39, 0.29) is 17.6 Å². The Hall–Kier alpha value is 0.162. The first-order chi connectivity index (χ1) is 9.09. The summed E-state index contributed by atoms with van der Waals surface area (Å²) in [7, 11) is -1.95. The maximum atomic E-state index is 10.1. The number of hydrogen-bond acceptors (Lipinski definition) is 3. The van der Waals surface area contributed by atoms with Crippen molar-refractivity contribution in [3.8, 4) is 0 Å². The van der Waals surface area contributed by atoms with Crippen LogP contribution in [0.3, 0.4) is 0 Å². The highest BCUT2D eigenvalue weighted by molar-refractivity contribution is 6.74. The third-order valence-electron chi connectivity index (χ3n) is 6.07. The Labute approximate surface area is 126 Å². The molecular weight excluding hydrogens is 265 g/mol. The molecule has 2 bridgehead atoms. The average Bonchev–Trinajstić information content (AvgIpc) is 2.81. The number of fused-ring (bicyclic) bond motifs is 2. The molecule has 0 aliphatic carbocycles. The fourth-order valence-electron chi connectivity index (χ4n) is 3.86.